The molecule has 2 amide bonds. The maximum atomic E-state index is 12.5. The number of urea groups is 1. The third kappa shape index (κ3) is 2.50. The SMILES string of the molecule is Cc1ccc2nc(NC(=O)NC3C4CC5CC(C4)CC3C5)sc2c1. The number of thiazole rings is 1. The fraction of sp³-hybridized carbons (Fsp3) is 0.579. The summed E-state index contributed by atoms with van der Waals surface area (Å²) in [4.78, 5) is 17.0. The summed E-state index contributed by atoms with van der Waals surface area (Å²) in [5.41, 5.74) is 2.17. The summed E-state index contributed by atoms with van der Waals surface area (Å²) in [6.45, 7) is 2.07. The van der Waals surface area contributed by atoms with Crippen LogP contribution in [-0.2, 0) is 0 Å². The van der Waals surface area contributed by atoms with E-state index in [9.17, 15) is 4.79 Å². The molecule has 126 valence electrons. The summed E-state index contributed by atoms with van der Waals surface area (Å²) in [6.07, 6.45) is 6.71. The van der Waals surface area contributed by atoms with E-state index in [4.69, 9.17) is 0 Å². The number of hydrogen-bond donors (Lipinski definition) is 2. The Kier molecular flexibility index (Phi) is 3.34. The molecule has 4 aliphatic carbocycles. The lowest BCUT2D eigenvalue weighted by molar-refractivity contribution is -0.00883. The number of rotatable bonds is 2. The average molecular weight is 341 g/mol. The summed E-state index contributed by atoms with van der Waals surface area (Å²) < 4.78 is 1.12. The van der Waals surface area contributed by atoms with Gasteiger partial charge in [-0.15, -0.1) is 0 Å². The zero-order valence-electron chi connectivity index (χ0n) is 13.9. The Bertz CT molecular complexity index is 771. The number of hydrogen-bond acceptors (Lipinski definition) is 3. The van der Waals surface area contributed by atoms with Crippen LogP contribution in [-0.4, -0.2) is 17.1 Å². The van der Waals surface area contributed by atoms with Crippen LogP contribution in [0, 0.1) is 30.6 Å². The third-order valence-electron chi connectivity index (χ3n) is 6.29. The first-order valence-corrected chi connectivity index (χ1v) is 9.90. The molecule has 0 saturated heterocycles. The van der Waals surface area contributed by atoms with Gasteiger partial charge in [-0.05, 0) is 80.4 Å². The van der Waals surface area contributed by atoms with E-state index in [1.165, 1.54) is 37.7 Å². The van der Waals surface area contributed by atoms with Gasteiger partial charge in [0.05, 0.1) is 10.2 Å². The minimum absolute atomic E-state index is 0.0803. The number of amides is 2. The van der Waals surface area contributed by atoms with Crippen molar-refractivity contribution >= 4 is 32.7 Å². The highest BCUT2D eigenvalue weighted by atomic mass is 32.1. The highest BCUT2D eigenvalue weighted by molar-refractivity contribution is 7.22. The second-order valence-electron chi connectivity index (χ2n) is 8.05. The molecule has 0 unspecified atom stereocenters. The molecule has 2 aromatic rings. The number of carbonyl (C=O) groups excluding carboxylic acids is 1. The van der Waals surface area contributed by atoms with Gasteiger partial charge in [-0.1, -0.05) is 17.4 Å². The molecule has 5 heteroatoms. The number of anilines is 1. The van der Waals surface area contributed by atoms with Crippen LogP contribution in [0.15, 0.2) is 18.2 Å². The Hall–Kier alpha value is -1.62. The molecule has 1 aromatic heterocycles. The fourth-order valence-corrected chi connectivity index (χ4v) is 6.49. The molecule has 0 atom stereocenters. The molecule has 2 N–H and O–H groups in total. The summed E-state index contributed by atoms with van der Waals surface area (Å²) in [5.74, 6) is 3.26. The van der Waals surface area contributed by atoms with Gasteiger partial charge in [-0.3, -0.25) is 5.32 Å². The van der Waals surface area contributed by atoms with Gasteiger partial charge in [-0.25, -0.2) is 9.78 Å². The van der Waals surface area contributed by atoms with Gasteiger partial charge >= 0.3 is 6.03 Å². The quantitative estimate of drug-likeness (QED) is 0.842. The molecule has 0 radical (unpaired) electrons. The highest BCUT2D eigenvalue weighted by Crippen LogP contribution is 2.53. The van der Waals surface area contributed by atoms with Crippen LogP contribution < -0.4 is 10.6 Å². The number of benzene rings is 1. The van der Waals surface area contributed by atoms with Gasteiger partial charge in [-0.2, -0.15) is 0 Å². The molecule has 4 nitrogen and oxygen atoms in total. The van der Waals surface area contributed by atoms with Crippen LogP contribution in [0.4, 0.5) is 9.93 Å². The predicted octanol–water partition coefficient (Wildman–Crippen LogP) is 4.55. The first-order valence-electron chi connectivity index (χ1n) is 9.09. The molecular weight excluding hydrogens is 318 g/mol. The van der Waals surface area contributed by atoms with Crippen molar-refractivity contribution in [1.82, 2.24) is 10.3 Å². The molecule has 6 rings (SSSR count). The van der Waals surface area contributed by atoms with Gasteiger partial charge in [0.25, 0.3) is 0 Å². The number of nitrogens with zero attached hydrogens (tertiary/aromatic N) is 1. The van der Waals surface area contributed by atoms with Gasteiger partial charge in [0.15, 0.2) is 5.13 Å². The molecule has 4 bridgehead atoms. The molecular formula is C19H23N3OS. The number of fused-ring (bicyclic) bond motifs is 1. The Morgan fingerprint density at radius 3 is 2.54 bits per heavy atom. The van der Waals surface area contributed by atoms with E-state index < -0.39 is 0 Å². The average Bonchev–Trinajstić information content (AvgIpc) is 2.91. The molecule has 4 fully saturated rings. The van der Waals surface area contributed by atoms with E-state index in [-0.39, 0.29) is 6.03 Å². The van der Waals surface area contributed by atoms with E-state index in [2.05, 4.69) is 34.7 Å². The maximum absolute atomic E-state index is 12.5. The topological polar surface area (TPSA) is 54.0 Å². The van der Waals surface area contributed by atoms with Gasteiger partial charge in [0.2, 0.25) is 0 Å². The van der Waals surface area contributed by atoms with E-state index in [0.29, 0.717) is 23.0 Å². The smallest absolute Gasteiger partial charge is 0.321 e. The lowest BCUT2D eigenvalue weighted by Gasteiger charge is -2.54. The first kappa shape index (κ1) is 14.7. The minimum atomic E-state index is -0.0803. The van der Waals surface area contributed by atoms with Crippen LogP contribution in [0.25, 0.3) is 10.2 Å². The van der Waals surface area contributed by atoms with Crippen LogP contribution in [0.5, 0.6) is 0 Å². The van der Waals surface area contributed by atoms with Crippen LogP contribution in [0.3, 0.4) is 0 Å². The number of nitrogens with one attached hydrogen (secondary N) is 2. The van der Waals surface area contributed by atoms with Crippen molar-refractivity contribution in [3.05, 3.63) is 23.8 Å². The molecule has 4 aliphatic rings. The molecule has 0 spiro atoms. The number of aromatic nitrogens is 1. The van der Waals surface area contributed by atoms with Crippen molar-refractivity contribution in [2.24, 2.45) is 23.7 Å². The summed E-state index contributed by atoms with van der Waals surface area (Å²) in [7, 11) is 0. The Morgan fingerprint density at radius 1 is 1.12 bits per heavy atom. The number of aryl methyl sites for hydroxylation is 1. The van der Waals surface area contributed by atoms with Gasteiger partial charge < -0.3 is 5.32 Å². The lowest BCUT2D eigenvalue weighted by atomic mass is 9.54. The monoisotopic (exact) mass is 341 g/mol. The molecule has 1 heterocycles. The second-order valence-corrected chi connectivity index (χ2v) is 9.08. The first-order chi connectivity index (χ1) is 11.6. The van der Waals surface area contributed by atoms with E-state index in [1.54, 1.807) is 11.3 Å². The van der Waals surface area contributed by atoms with Crippen molar-refractivity contribution in [2.45, 2.75) is 45.1 Å². The van der Waals surface area contributed by atoms with Crippen molar-refractivity contribution in [3.63, 3.8) is 0 Å². The number of carbonyl (C=O) groups is 1. The summed E-state index contributed by atoms with van der Waals surface area (Å²) >= 11 is 1.55. The Balaban J connectivity index is 1.28. The molecule has 0 aliphatic heterocycles. The molecule has 1 aromatic carbocycles. The van der Waals surface area contributed by atoms with Crippen molar-refractivity contribution < 1.29 is 4.79 Å². The second kappa shape index (κ2) is 5.45. The standard InChI is InChI=1S/C19H23N3OS/c1-10-2-3-15-16(4-10)24-19(20-15)22-18(23)21-17-13-6-11-5-12(8-13)9-14(17)7-11/h2-4,11-14,17H,5-9H2,1H3,(H2,20,21,22,23). The fourth-order valence-electron chi connectivity index (χ4n) is 5.53. The largest absolute Gasteiger partial charge is 0.335 e. The van der Waals surface area contributed by atoms with E-state index >= 15 is 0 Å². The predicted molar refractivity (Wildman–Crippen MR) is 97.3 cm³/mol. The maximum Gasteiger partial charge on any atom is 0.321 e. The Morgan fingerprint density at radius 2 is 1.83 bits per heavy atom. The lowest BCUT2D eigenvalue weighted by Crippen LogP contribution is -2.56. The van der Waals surface area contributed by atoms with E-state index in [0.717, 1.165) is 22.1 Å². The highest BCUT2D eigenvalue weighted by Gasteiger charge is 2.48. The third-order valence-corrected chi connectivity index (χ3v) is 7.22. The van der Waals surface area contributed by atoms with Crippen LogP contribution in [0.1, 0.15) is 37.7 Å². The summed E-state index contributed by atoms with van der Waals surface area (Å²) in [5, 5.41) is 6.94. The minimum Gasteiger partial charge on any atom is -0.335 e. The van der Waals surface area contributed by atoms with E-state index in [1.807, 2.05) is 6.07 Å². The summed E-state index contributed by atoms with van der Waals surface area (Å²) in [6, 6.07) is 6.48. The van der Waals surface area contributed by atoms with Gasteiger partial charge in [0.1, 0.15) is 0 Å². The zero-order valence-corrected chi connectivity index (χ0v) is 14.7. The van der Waals surface area contributed by atoms with Crippen LogP contribution >= 0.6 is 11.3 Å². The van der Waals surface area contributed by atoms with Crippen molar-refractivity contribution in [3.8, 4) is 0 Å². The van der Waals surface area contributed by atoms with Crippen LogP contribution in [0.2, 0.25) is 0 Å². The molecule has 4 saturated carbocycles. The zero-order chi connectivity index (χ0) is 16.3. The van der Waals surface area contributed by atoms with Crippen molar-refractivity contribution in [2.75, 3.05) is 5.32 Å². The van der Waals surface area contributed by atoms with Gasteiger partial charge in [0, 0.05) is 6.04 Å². The normalized spacial score (nSPS) is 33.8. The molecule has 24 heavy (non-hydrogen) atoms. The van der Waals surface area contributed by atoms with Crippen molar-refractivity contribution in [1.29, 1.82) is 0 Å². The Labute approximate surface area is 146 Å².